The van der Waals surface area contributed by atoms with Crippen molar-refractivity contribution in [2.75, 3.05) is 9.80 Å². The van der Waals surface area contributed by atoms with Gasteiger partial charge in [-0.3, -0.25) is 0 Å². The maximum Gasteiger partial charge on any atom is 0.123 e. The Balaban J connectivity index is 1.03. The summed E-state index contributed by atoms with van der Waals surface area (Å²) in [6, 6.07) is 88.5. The number of hydrogen-bond acceptors (Lipinski definition) is 3. The third-order valence-corrected chi connectivity index (χ3v) is 20.8. The quantitative estimate of drug-likeness (QED) is 0.150. The van der Waals surface area contributed by atoms with Gasteiger partial charge in [0.25, 0.3) is 0 Å². The fraction of sp³-hybridized carbons (Fsp3) is 0.163. The van der Waals surface area contributed by atoms with Gasteiger partial charge in [0.2, 0.25) is 0 Å². The Bertz CT molecular complexity index is 5050. The zero-order chi connectivity index (χ0) is 61.7. The van der Waals surface area contributed by atoms with Crippen LogP contribution in [0.3, 0.4) is 0 Å². The van der Waals surface area contributed by atoms with Gasteiger partial charge in [0.15, 0.2) is 0 Å². The Kier molecular flexibility index (Phi) is 12.7. The molecule has 1 atom stereocenters. The van der Waals surface area contributed by atoms with E-state index in [0.29, 0.717) is 0 Å². The molecule has 1 unspecified atom stereocenters. The molecular weight excluding hydrogens is 1110 g/mol. The molecule has 3 aliphatic carbocycles. The van der Waals surface area contributed by atoms with E-state index in [-0.39, 0.29) is 16.6 Å². The van der Waals surface area contributed by atoms with Gasteiger partial charge >= 0.3 is 0 Å². The number of fused-ring (bicyclic) bond motifs is 18. The summed E-state index contributed by atoms with van der Waals surface area (Å²) < 4.78 is 18.9. The van der Waals surface area contributed by atoms with Crippen molar-refractivity contribution in [1.29, 1.82) is 0 Å². The predicted octanol–water partition coefficient (Wildman–Crippen LogP) is 24.2. The minimum atomic E-state index is -0.884. The van der Waals surface area contributed by atoms with Crippen LogP contribution in [0.2, 0.25) is 0 Å². The van der Waals surface area contributed by atoms with Gasteiger partial charge in [0, 0.05) is 54.0 Å². The summed E-state index contributed by atoms with van der Waals surface area (Å²) >= 11 is 1.91. The first-order valence-corrected chi connectivity index (χ1v) is 32.6. The van der Waals surface area contributed by atoms with Crippen LogP contribution in [0.15, 0.2) is 237 Å². The molecule has 1 heterocycles. The minimum absolute atomic E-state index is 0.0438. The van der Waals surface area contributed by atoms with Crippen molar-refractivity contribution in [1.82, 2.24) is 0 Å². The van der Waals surface area contributed by atoms with Gasteiger partial charge in [-0.05, 0) is 213 Å². The molecule has 0 aliphatic heterocycles. The highest BCUT2D eigenvalue weighted by atomic mass is 32.1. The number of anilines is 6. The standard InChI is InChI=1S/C86H71FN2S/c1-51-41-52(2)44-58(43-51)55-23-32-63(33-24-55)88(65-36-27-60(28-37-65)84(5,6)7)76-49-74-80(71-47-57-17-11-12-18-67(57)79(71)76)82-75(86(74)72-21-15-13-19-68(72)70-48-62(87)31-40-73(70)86)50-77(81-69-20-14-16-22-78(69)90-83(81)82)89(66-38-29-61(30-39-66)85(8,9)10)64-34-25-56(26-35-64)59-45-53(3)42-54(4)46-59/h11-46,48-50H,47H2,1-10H3. The lowest BCUT2D eigenvalue weighted by atomic mass is 9.70. The largest absolute Gasteiger partial charge is 0.310 e. The first-order valence-electron chi connectivity index (χ1n) is 31.8. The molecule has 0 amide bonds. The molecule has 1 aromatic heterocycles. The third-order valence-electron chi connectivity index (χ3n) is 19.6. The molecule has 12 aromatic carbocycles. The number of nitrogens with zero attached hydrogens (tertiary/aromatic N) is 2. The van der Waals surface area contributed by atoms with Crippen LogP contribution in [0.1, 0.15) is 108 Å². The smallest absolute Gasteiger partial charge is 0.123 e. The summed E-state index contributed by atoms with van der Waals surface area (Å²) in [5.74, 6) is -0.243. The van der Waals surface area contributed by atoms with Crippen molar-refractivity contribution in [3.8, 4) is 55.6 Å². The summed E-state index contributed by atoms with van der Waals surface area (Å²) in [4.78, 5) is 5.06. The number of halogens is 1. The van der Waals surface area contributed by atoms with Gasteiger partial charge in [-0.15, -0.1) is 11.3 Å². The number of thiophene rings is 1. The van der Waals surface area contributed by atoms with E-state index < -0.39 is 5.41 Å². The second kappa shape index (κ2) is 20.5. The predicted molar refractivity (Wildman–Crippen MR) is 380 cm³/mol. The third kappa shape index (κ3) is 8.69. The molecule has 90 heavy (non-hydrogen) atoms. The molecule has 2 nitrogen and oxygen atoms in total. The fourth-order valence-electron chi connectivity index (χ4n) is 15.6. The first-order chi connectivity index (χ1) is 43.4. The molecular formula is C86H71FN2S. The number of rotatable bonds is 8. The van der Waals surface area contributed by atoms with E-state index in [1.807, 2.05) is 11.3 Å². The lowest BCUT2D eigenvalue weighted by Gasteiger charge is -2.34. The molecule has 13 aromatic rings. The summed E-state index contributed by atoms with van der Waals surface area (Å²) in [5.41, 5.74) is 32.2. The zero-order valence-electron chi connectivity index (χ0n) is 52.9. The van der Waals surface area contributed by atoms with E-state index in [9.17, 15) is 0 Å². The summed E-state index contributed by atoms with van der Waals surface area (Å²) in [7, 11) is 0. The normalized spacial score (nSPS) is 14.4. The van der Waals surface area contributed by atoms with Gasteiger partial charge in [0.05, 0.1) is 16.8 Å². The Morgan fingerprint density at radius 3 is 1.42 bits per heavy atom. The number of benzene rings is 12. The molecule has 1 spiro atoms. The number of hydrogen-bond donors (Lipinski definition) is 0. The second-order valence-corrected chi connectivity index (χ2v) is 28.8. The summed E-state index contributed by atoms with van der Waals surface area (Å²) in [6.45, 7) is 22.5. The summed E-state index contributed by atoms with van der Waals surface area (Å²) in [6.07, 6.45) is 0.755. The van der Waals surface area contributed by atoms with E-state index in [1.54, 1.807) is 12.1 Å². The van der Waals surface area contributed by atoms with E-state index in [1.165, 1.54) is 120 Å². The van der Waals surface area contributed by atoms with Crippen LogP contribution in [0.4, 0.5) is 38.5 Å². The van der Waals surface area contributed by atoms with Crippen molar-refractivity contribution in [3.05, 3.63) is 309 Å². The average molecular weight is 1180 g/mol. The van der Waals surface area contributed by atoms with Crippen LogP contribution in [-0.4, -0.2) is 0 Å². The zero-order valence-corrected chi connectivity index (χ0v) is 53.7. The molecule has 0 radical (unpaired) electrons. The van der Waals surface area contributed by atoms with E-state index in [4.69, 9.17) is 0 Å². The Labute approximate surface area is 533 Å². The minimum Gasteiger partial charge on any atom is -0.310 e. The Morgan fingerprint density at radius 2 is 0.856 bits per heavy atom. The topological polar surface area (TPSA) is 6.48 Å². The highest BCUT2D eigenvalue weighted by Crippen LogP contribution is 2.69. The van der Waals surface area contributed by atoms with Crippen LogP contribution in [-0.2, 0) is 22.7 Å². The van der Waals surface area contributed by atoms with Gasteiger partial charge in [-0.2, -0.15) is 0 Å². The fourth-order valence-corrected chi connectivity index (χ4v) is 16.9. The Hall–Kier alpha value is -9.61. The lowest BCUT2D eigenvalue weighted by Crippen LogP contribution is -2.27. The van der Waals surface area contributed by atoms with Crippen LogP contribution in [0.25, 0.3) is 75.8 Å². The second-order valence-electron chi connectivity index (χ2n) is 27.7. The monoisotopic (exact) mass is 1180 g/mol. The molecule has 0 saturated carbocycles. The summed E-state index contributed by atoms with van der Waals surface area (Å²) in [5, 5.41) is 2.44. The van der Waals surface area contributed by atoms with Crippen LogP contribution in [0.5, 0.6) is 0 Å². The van der Waals surface area contributed by atoms with Crippen molar-refractivity contribution in [3.63, 3.8) is 0 Å². The first kappa shape index (κ1) is 55.7. The molecule has 4 heteroatoms. The van der Waals surface area contributed by atoms with Crippen molar-refractivity contribution < 1.29 is 4.39 Å². The van der Waals surface area contributed by atoms with Gasteiger partial charge in [-0.1, -0.05) is 222 Å². The van der Waals surface area contributed by atoms with Gasteiger partial charge in [-0.25, -0.2) is 4.39 Å². The molecule has 3 aliphatic rings. The lowest BCUT2D eigenvalue weighted by molar-refractivity contribution is 0.590. The van der Waals surface area contributed by atoms with Crippen LogP contribution < -0.4 is 9.80 Å². The SMILES string of the molecule is Cc1cc(C)cc(-c2ccc(N(c3ccc(C(C)(C)C)cc3)c3cc4c(c5c3-c3ccccc3C5)-c3c(cc(N(c5ccc(-c6cc(C)cc(C)c6)cc5)c5ccc(C(C)(C)C)cc5)c5c3sc3ccccc35)C43c4ccccc4-c4cc(F)ccc43)cc2)c1. The van der Waals surface area contributed by atoms with Gasteiger partial charge in [0.1, 0.15) is 5.82 Å². The molecule has 16 rings (SSSR count). The maximum absolute atomic E-state index is 16.4. The van der Waals surface area contributed by atoms with Crippen molar-refractivity contribution >= 4 is 65.6 Å². The van der Waals surface area contributed by atoms with Gasteiger partial charge < -0.3 is 9.80 Å². The van der Waals surface area contributed by atoms with E-state index in [2.05, 4.69) is 303 Å². The van der Waals surface area contributed by atoms with Crippen molar-refractivity contribution in [2.24, 2.45) is 0 Å². The molecule has 438 valence electrons. The van der Waals surface area contributed by atoms with Crippen molar-refractivity contribution in [2.45, 2.75) is 91.9 Å². The van der Waals surface area contributed by atoms with Crippen LogP contribution >= 0.6 is 11.3 Å². The number of aryl methyl sites for hydroxylation is 4. The highest BCUT2D eigenvalue weighted by molar-refractivity contribution is 7.26. The van der Waals surface area contributed by atoms with E-state index in [0.717, 1.165) is 62.8 Å². The molecule has 0 N–H and O–H groups in total. The maximum atomic E-state index is 16.4. The average Bonchev–Trinajstić information content (AvgIpc) is 1.49. The molecule has 0 fully saturated rings. The van der Waals surface area contributed by atoms with E-state index >= 15 is 4.39 Å². The van der Waals surface area contributed by atoms with Crippen LogP contribution in [0, 0.1) is 33.5 Å². The molecule has 0 bridgehead atoms. The molecule has 0 saturated heterocycles. The Morgan fingerprint density at radius 1 is 0.389 bits per heavy atom. The highest BCUT2D eigenvalue weighted by Gasteiger charge is 2.55.